The summed E-state index contributed by atoms with van der Waals surface area (Å²) in [4.78, 5) is 11.6. The molecule has 0 amide bonds. The molecule has 0 saturated heterocycles. The third-order valence-corrected chi connectivity index (χ3v) is 3.45. The predicted octanol–water partition coefficient (Wildman–Crippen LogP) is 4.20. The summed E-state index contributed by atoms with van der Waals surface area (Å²) in [6, 6.07) is 11.4. The Morgan fingerprint density at radius 1 is 1.04 bits per heavy atom. The molecule has 5 heteroatoms. The smallest absolute Gasteiger partial charge is 0.336 e. The second-order valence-electron chi connectivity index (χ2n) is 5.40. The fourth-order valence-corrected chi connectivity index (χ4v) is 2.29. The zero-order valence-corrected chi connectivity index (χ0v) is 14.4. The van der Waals surface area contributed by atoms with Crippen LogP contribution in [0.25, 0.3) is 11.6 Å². The molecule has 25 heavy (non-hydrogen) atoms. The normalized spacial score (nSPS) is 11.2. The van der Waals surface area contributed by atoms with E-state index in [-0.39, 0.29) is 11.3 Å². The summed E-state index contributed by atoms with van der Waals surface area (Å²) in [5.41, 5.74) is 1.33. The van der Waals surface area contributed by atoms with E-state index in [0.29, 0.717) is 35.8 Å². The third-order valence-electron chi connectivity index (χ3n) is 3.45. The first-order valence-electron chi connectivity index (χ1n) is 8.19. The highest BCUT2D eigenvalue weighted by Crippen LogP contribution is 2.30. The van der Waals surface area contributed by atoms with Gasteiger partial charge in [-0.1, -0.05) is 25.1 Å². The van der Waals surface area contributed by atoms with Gasteiger partial charge in [0.05, 0.1) is 18.8 Å². The van der Waals surface area contributed by atoms with Crippen molar-refractivity contribution in [1.82, 2.24) is 0 Å². The van der Waals surface area contributed by atoms with E-state index in [1.54, 1.807) is 36.4 Å². The molecule has 0 aliphatic rings. The number of carbonyl (C=O) groups is 1. The molecule has 5 nitrogen and oxygen atoms in total. The Morgan fingerprint density at radius 2 is 1.76 bits per heavy atom. The molecule has 2 rings (SSSR count). The van der Waals surface area contributed by atoms with Gasteiger partial charge >= 0.3 is 5.97 Å². The average Bonchev–Trinajstić information content (AvgIpc) is 2.60. The van der Waals surface area contributed by atoms with Crippen molar-refractivity contribution < 1.29 is 24.5 Å². The zero-order chi connectivity index (χ0) is 18.2. The molecule has 0 fully saturated rings. The highest BCUT2D eigenvalue weighted by molar-refractivity contribution is 6.20. The van der Waals surface area contributed by atoms with E-state index in [1.165, 1.54) is 12.1 Å². The first-order chi connectivity index (χ1) is 12.0. The molecule has 0 bridgehead atoms. The maximum absolute atomic E-state index is 11.6. The molecule has 2 aromatic carbocycles. The Balaban J connectivity index is 2.40. The molecule has 0 radical (unpaired) electrons. The molecule has 0 heterocycles. The van der Waals surface area contributed by atoms with Gasteiger partial charge in [0.15, 0.2) is 11.5 Å². The van der Waals surface area contributed by atoms with Gasteiger partial charge in [0.2, 0.25) is 0 Å². The van der Waals surface area contributed by atoms with Crippen LogP contribution in [-0.4, -0.2) is 29.4 Å². The predicted molar refractivity (Wildman–Crippen MR) is 97.0 cm³/mol. The molecular formula is C20H22O5. The molecule has 0 spiro atoms. The monoisotopic (exact) mass is 342 g/mol. The molecule has 0 saturated carbocycles. The van der Waals surface area contributed by atoms with Crippen molar-refractivity contribution in [3.8, 4) is 17.2 Å². The van der Waals surface area contributed by atoms with Crippen LogP contribution in [0.5, 0.6) is 17.2 Å². The fourth-order valence-electron chi connectivity index (χ4n) is 2.29. The molecular weight excluding hydrogens is 320 g/mol. The van der Waals surface area contributed by atoms with Gasteiger partial charge in [-0.25, -0.2) is 4.79 Å². The Bertz CT molecular complexity index is 747. The molecule has 0 unspecified atom stereocenters. The van der Waals surface area contributed by atoms with Crippen molar-refractivity contribution in [1.29, 1.82) is 0 Å². The second kappa shape index (κ2) is 8.78. The van der Waals surface area contributed by atoms with E-state index in [1.807, 2.05) is 13.8 Å². The van der Waals surface area contributed by atoms with E-state index in [0.717, 1.165) is 6.42 Å². The lowest BCUT2D eigenvalue weighted by molar-refractivity contribution is -0.130. The number of hydrogen-bond donors (Lipinski definition) is 2. The van der Waals surface area contributed by atoms with Crippen LogP contribution in [0, 0.1) is 0 Å². The number of hydrogen-bond acceptors (Lipinski definition) is 4. The van der Waals surface area contributed by atoms with Crippen LogP contribution in [0.2, 0.25) is 0 Å². The topological polar surface area (TPSA) is 76.0 Å². The van der Waals surface area contributed by atoms with Crippen molar-refractivity contribution in [3.63, 3.8) is 0 Å². The van der Waals surface area contributed by atoms with Gasteiger partial charge in [0, 0.05) is 0 Å². The number of phenolic OH excluding ortho intramolecular Hbond substituents is 1. The summed E-state index contributed by atoms with van der Waals surface area (Å²) in [5, 5.41) is 18.9. The van der Waals surface area contributed by atoms with Gasteiger partial charge < -0.3 is 19.7 Å². The molecule has 2 N–H and O–H groups in total. The lowest BCUT2D eigenvalue weighted by atomic mass is 10.0. The standard InChI is InChI=1S/C20H22O5/c1-3-11-25-18-10-5-14(13-19(18)24-4-2)12-17(20(22)23)15-6-8-16(21)9-7-15/h5-10,12-13,21H,3-4,11H2,1-2H3,(H,22,23)/b17-12-. The molecule has 2 aromatic rings. The van der Waals surface area contributed by atoms with Gasteiger partial charge in [-0.05, 0) is 54.8 Å². The van der Waals surface area contributed by atoms with Crippen LogP contribution in [0.1, 0.15) is 31.4 Å². The number of aliphatic carboxylic acids is 1. The number of ether oxygens (including phenoxy) is 2. The van der Waals surface area contributed by atoms with Crippen molar-refractivity contribution in [2.24, 2.45) is 0 Å². The van der Waals surface area contributed by atoms with Crippen molar-refractivity contribution in [2.75, 3.05) is 13.2 Å². The number of aromatic hydroxyl groups is 1. The van der Waals surface area contributed by atoms with Crippen LogP contribution in [0.15, 0.2) is 42.5 Å². The van der Waals surface area contributed by atoms with Gasteiger partial charge in [-0.15, -0.1) is 0 Å². The maximum Gasteiger partial charge on any atom is 0.336 e. The van der Waals surface area contributed by atoms with E-state index >= 15 is 0 Å². The number of phenols is 1. The lowest BCUT2D eigenvalue weighted by Crippen LogP contribution is -2.01. The highest BCUT2D eigenvalue weighted by Gasteiger charge is 2.12. The minimum absolute atomic E-state index is 0.0875. The Labute approximate surface area is 147 Å². The first kappa shape index (κ1) is 18.4. The summed E-state index contributed by atoms with van der Waals surface area (Å²) >= 11 is 0. The summed E-state index contributed by atoms with van der Waals surface area (Å²) in [5.74, 6) is 0.266. The quantitative estimate of drug-likeness (QED) is 0.555. The van der Waals surface area contributed by atoms with Gasteiger partial charge in [0.25, 0.3) is 0 Å². The van der Waals surface area contributed by atoms with Crippen molar-refractivity contribution >= 4 is 17.6 Å². The van der Waals surface area contributed by atoms with Gasteiger partial charge in [-0.2, -0.15) is 0 Å². The Morgan fingerprint density at radius 3 is 2.36 bits per heavy atom. The SMILES string of the molecule is CCCOc1ccc(/C=C(\C(=O)O)c2ccc(O)cc2)cc1OCC. The van der Waals surface area contributed by atoms with Crippen LogP contribution >= 0.6 is 0 Å². The van der Waals surface area contributed by atoms with Gasteiger partial charge in [0.1, 0.15) is 5.75 Å². The van der Waals surface area contributed by atoms with Crippen LogP contribution in [0.3, 0.4) is 0 Å². The number of carboxylic acid groups (broad SMARTS) is 1. The largest absolute Gasteiger partial charge is 0.508 e. The van der Waals surface area contributed by atoms with E-state index < -0.39 is 5.97 Å². The Kier molecular flexibility index (Phi) is 6.46. The average molecular weight is 342 g/mol. The molecule has 0 aliphatic carbocycles. The number of benzene rings is 2. The maximum atomic E-state index is 11.6. The second-order valence-corrected chi connectivity index (χ2v) is 5.40. The van der Waals surface area contributed by atoms with Crippen LogP contribution < -0.4 is 9.47 Å². The summed E-state index contributed by atoms with van der Waals surface area (Å²) < 4.78 is 11.3. The summed E-state index contributed by atoms with van der Waals surface area (Å²) in [6.45, 7) is 4.97. The van der Waals surface area contributed by atoms with Crippen LogP contribution in [-0.2, 0) is 4.79 Å². The zero-order valence-electron chi connectivity index (χ0n) is 14.4. The first-order valence-corrected chi connectivity index (χ1v) is 8.19. The summed E-state index contributed by atoms with van der Waals surface area (Å²) in [6.07, 6.45) is 2.46. The lowest BCUT2D eigenvalue weighted by Gasteiger charge is -2.12. The molecule has 0 aromatic heterocycles. The molecule has 0 atom stereocenters. The molecule has 132 valence electrons. The minimum atomic E-state index is -1.05. The summed E-state index contributed by atoms with van der Waals surface area (Å²) in [7, 11) is 0. The fraction of sp³-hybridized carbons (Fsp3) is 0.250. The van der Waals surface area contributed by atoms with Crippen molar-refractivity contribution in [2.45, 2.75) is 20.3 Å². The minimum Gasteiger partial charge on any atom is -0.508 e. The Hall–Kier alpha value is -2.95. The van der Waals surface area contributed by atoms with Crippen LogP contribution in [0.4, 0.5) is 0 Å². The highest BCUT2D eigenvalue weighted by atomic mass is 16.5. The van der Waals surface area contributed by atoms with E-state index in [4.69, 9.17) is 9.47 Å². The molecule has 0 aliphatic heterocycles. The number of rotatable bonds is 8. The van der Waals surface area contributed by atoms with E-state index in [9.17, 15) is 15.0 Å². The van der Waals surface area contributed by atoms with Crippen molar-refractivity contribution in [3.05, 3.63) is 53.6 Å². The third kappa shape index (κ3) is 5.01. The van der Waals surface area contributed by atoms with Gasteiger partial charge in [-0.3, -0.25) is 0 Å². The number of carboxylic acids is 1. The van der Waals surface area contributed by atoms with E-state index in [2.05, 4.69) is 0 Å².